The summed E-state index contributed by atoms with van der Waals surface area (Å²) >= 11 is 0. The van der Waals surface area contributed by atoms with E-state index in [1.165, 1.54) is 0 Å². The van der Waals surface area contributed by atoms with Gasteiger partial charge in [0.15, 0.2) is 5.78 Å². The number of ketones is 1. The van der Waals surface area contributed by atoms with Gasteiger partial charge in [-0.15, -0.1) is 0 Å². The van der Waals surface area contributed by atoms with Gasteiger partial charge in [0.05, 0.1) is 25.2 Å². The first-order valence-corrected chi connectivity index (χ1v) is 7.64. The minimum absolute atomic E-state index is 0.0702. The van der Waals surface area contributed by atoms with Gasteiger partial charge in [-0.05, 0) is 18.1 Å². The Morgan fingerprint density at radius 3 is 2.91 bits per heavy atom. The number of allylic oxidation sites excluding steroid dienone is 1. The number of carbonyl (C=O) groups is 2. The van der Waals surface area contributed by atoms with Gasteiger partial charge in [-0.2, -0.15) is 0 Å². The van der Waals surface area contributed by atoms with Crippen molar-refractivity contribution in [3.63, 3.8) is 0 Å². The van der Waals surface area contributed by atoms with E-state index in [2.05, 4.69) is 0 Å². The second-order valence-electron chi connectivity index (χ2n) is 6.17. The van der Waals surface area contributed by atoms with E-state index in [0.29, 0.717) is 24.4 Å². The maximum atomic E-state index is 12.3. The topological polar surface area (TPSA) is 71.1 Å². The molecule has 0 fully saturated rings. The highest BCUT2D eigenvalue weighted by Crippen LogP contribution is 2.51. The Bertz CT molecular complexity index is 768. The third-order valence-electron chi connectivity index (χ3n) is 5.14. The number of carbonyl (C=O) groups excluding carboxylic acids is 2. The quantitative estimate of drug-likeness (QED) is 0.539. The molecular weight excluding hydrogens is 300 g/mol. The van der Waals surface area contributed by atoms with Crippen LogP contribution in [0.4, 0.5) is 0 Å². The van der Waals surface area contributed by atoms with Crippen LogP contribution < -0.4 is 0 Å². The summed E-state index contributed by atoms with van der Waals surface area (Å²) in [4.78, 5) is 24.4. The Morgan fingerprint density at radius 1 is 1.22 bits per heavy atom. The molecular formula is C17H14O6. The molecule has 0 bridgehead atoms. The maximum Gasteiger partial charge on any atom is 0.342 e. The zero-order chi connectivity index (χ0) is 15.7. The van der Waals surface area contributed by atoms with E-state index < -0.39 is 18.4 Å². The van der Waals surface area contributed by atoms with E-state index in [1.807, 2.05) is 12.2 Å². The van der Waals surface area contributed by atoms with Crippen molar-refractivity contribution < 1.29 is 28.5 Å². The molecule has 2 aliphatic carbocycles. The molecule has 118 valence electrons. The Hall–Kier alpha value is -2.50. The molecule has 0 aromatic carbocycles. The standard InChI is InChI=1S/C17H14O6/c1-20-10-6-11-14(8-4-5-21-17(8)22-11)15-13(10)7-2-3-9(18)12(7)16(19)23-15/h4-6,8,13,15,17H,2-3H2,1H3. The van der Waals surface area contributed by atoms with Crippen molar-refractivity contribution in [2.45, 2.75) is 25.2 Å². The summed E-state index contributed by atoms with van der Waals surface area (Å²) in [6.07, 6.45) is 5.38. The number of hydrogen-bond acceptors (Lipinski definition) is 6. The van der Waals surface area contributed by atoms with Crippen molar-refractivity contribution >= 4 is 11.8 Å². The molecule has 23 heavy (non-hydrogen) atoms. The van der Waals surface area contributed by atoms with E-state index in [0.717, 1.165) is 11.1 Å². The van der Waals surface area contributed by atoms with E-state index in [4.69, 9.17) is 18.9 Å². The second kappa shape index (κ2) is 4.28. The van der Waals surface area contributed by atoms with Crippen LogP contribution in [-0.4, -0.2) is 31.3 Å². The van der Waals surface area contributed by atoms with Gasteiger partial charge in [0.25, 0.3) is 0 Å². The molecule has 3 heterocycles. The number of methoxy groups -OCH3 is 1. The minimum atomic E-state index is -0.528. The molecule has 0 aromatic rings. The van der Waals surface area contributed by atoms with Gasteiger partial charge >= 0.3 is 5.97 Å². The summed E-state index contributed by atoms with van der Waals surface area (Å²) in [6.45, 7) is 0. The molecule has 5 rings (SSSR count). The van der Waals surface area contributed by atoms with Crippen molar-refractivity contribution in [2.24, 2.45) is 11.8 Å². The van der Waals surface area contributed by atoms with Crippen LogP contribution in [0.1, 0.15) is 12.8 Å². The molecule has 0 spiro atoms. The van der Waals surface area contributed by atoms with Gasteiger partial charge in [0.2, 0.25) is 6.29 Å². The lowest BCUT2D eigenvalue weighted by atomic mass is 9.76. The molecule has 0 saturated heterocycles. The van der Waals surface area contributed by atoms with Crippen molar-refractivity contribution in [2.75, 3.05) is 7.11 Å². The predicted octanol–water partition coefficient (Wildman–Crippen LogP) is 1.50. The number of ether oxygens (including phenoxy) is 4. The van der Waals surface area contributed by atoms with Gasteiger partial charge < -0.3 is 18.9 Å². The zero-order valence-electron chi connectivity index (χ0n) is 12.4. The Balaban J connectivity index is 1.67. The van der Waals surface area contributed by atoms with Gasteiger partial charge in [0, 0.05) is 18.1 Å². The summed E-state index contributed by atoms with van der Waals surface area (Å²) in [7, 11) is 1.58. The van der Waals surface area contributed by atoms with Crippen molar-refractivity contribution in [3.8, 4) is 0 Å². The van der Waals surface area contributed by atoms with Crippen LogP contribution in [0.5, 0.6) is 0 Å². The van der Waals surface area contributed by atoms with Crippen LogP contribution in [-0.2, 0) is 28.5 Å². The number of fused-ring (bicyclic) bond motifs is 5. The zero-order valence-corrected chi connectivity index (χ0v) is 12.4. The lowest BCUT2D eigenvalue weighted by Crippen LogP contribution is -2.40. The molecule has 0 N–H and O–H groups in total. The second-order valence-corrected chi connectivity index (χ2v) is 6.17. The fourth-order valence-corrected chi connectivity index (χ4v) is 4.17. The van der Waals surface area contributed by atoms with Gasteiger partial charge in [-0.3, -0.25) is 4.79 Å². The lowest BCUT2D eigenvalue weighted by Gasteiger charge is -2.36. The third-order valence-corrected chi connectivity index (χ3v) is 5.14. The molecule has 0 aromatic heterocycles. The van der Waals surface area contributed by atoms with Crippen molar-refractivity contribution in [1.29, 1.82) is 0 Å². The van der Waals surface area contributed by atoms with Crippen LogP contribution in [0.25, 0.3) is 0 Å². The van der Waals surface area contributed by atoms with Crippen LogP contribution in [0.2, 0.25) is 0 Å². The first-order valence-electron chi connectivity index (χ1n) is 7.64. The molecule has 5 aliphatic rings. The highest BCUT2D eigenvalue weighted by molar-refractivity contribution is 6.20. The van der Waals surface area contributed by atoms with Gasteiger partial charge in [-0.1, -0.05) is 0 Å². The van der Waals surface area contributed by atoms with Crippen LogP contribution in [0.3, 0.4) is 0 Å². The van der Waals surface area contributed by atoms with Gasteiger partial charge in [0.1, 0.15) is 23.2 Å². The van der Waals surface area contributed by atoms with E-state index in [1.54, 1.807) is 13.4 Å². The van der Waals surface area contributed by atoms with Crippen LogP contribution in [0, 0.1) is 11.8 Å². The molecule has 0 saturated carbocycles. The highest BCUT2D eigenvalue weighted by atomic mass is 16.7. The molecule has 0 radical (unpaired) electrons. The fraction of sp³-hybridized carbons (Fsp3) is 0.412. The predicted molar refractivity (Wildman–Crippen MR) is 75.3 cm³/mol. The summed E-state index contributed by atoms with van der Waals surface area (Å²) < 4.78 is 22.4. The molecule has 3 aliphatic heterocycles. The van der Waals surface area contributed by atoms with Crippen molar-refractivity contribution in [3.05, 3.63) is 46.7 Å². The normalized spacial score (nSPS) is 36.7. The molecule has 6 heteroatoms. The van der Waals surface area contributed by atoms with Crippen LogP contribution >= 0.6 is 0 Å². The number of Topliss-reactive ketones (excluding diaryl/α,β-unsaturated/α-hetero) is 1. The monoisotopic (exact) mass is 314 g/mol. The third kappa shape index (κ3) is 1.53. The molecule has 6 nitrogen and oxygen atoms in total. The summed E-state index contributed by atoms with van der Waals surface area (Å²) in [5.74, 6) is 0.326. The first kappa shape index (κ1) is 13.0. The largest absolute Gasteiger partial charge is 0.500 e. The van der Waals surface area contributed by atoms with Gasteiger partial charge in [-0.25, -0.2) is 4.79 Å². The van der Waals surface area contributed by atoms with Crippen LogP contribution in [0.15, 0.2) is 46.7 Å². The molecule has 4 unspecified atom stereocenters. The average molecular weight is 314 g/mol. The smallest absolute Gasteiger partial charge is 0.342 e. The number of esters is 1. The average Bonchev–Trinajstić information content (AvgIpc) is 3.20. The summed E-state index contributed by atoms with van der Waals surface area (Å²) in [6, 6.07) is 0. The fourth-order valence-electron chi connectivity index (χ4n) is 4.17. The van der Waals surface area contributed by atoms with E-state index in [-0.39, 0.29) is 23.2 Å². The minimum Gasteiger partial charge on any atom is -0.500 e. The lowest BCUT2D eigenvalue weighted by molar-refractivity contribution is -0.147. The Morgan fingerprint density at radius 2 is 2.09 bits per heavy atom. The Kier molecular flexibility index (Phi) is 2.42. The Labute approximate surface area is 132 Å². The molecule has 4 atom stereocenters. The molecule has 0 amide bonds. The van der Waals surface area contributed by atoms with Crippen molar-refractivity contribution in [1.82, 2.24) is 0 Å². The SMILES string of the molecule is COC1=CC2=C(C3C=COC3O2)C2OC(=O)C3=C(CCC3=O)C12. The van der Waals surface area contributed by atoms with E-state index in [9.17, 15) is 9.59 Å². The number of rotatable bonds is 1. The number of hydrogen-bond donors (Lipinski definition) is 0. The first-order chi connectivity index (χ1) is 11.2. The highest BCUT2D eigenvalue weighted by Gasteiger charge is 2.54. The maximum absolute atomic E-state index is 12.3. The summed E-state index contributed by atoms with van der Waals surface area (Å²) in [5.41, 5.74) is 1.95. The summed E-state index contributed by atoms with van der Waals surface area (Å²) in [5, 5.41) is 0. The van der Waals surface area contributed by atoms with E-state index >= 15 is 0 Å².